The van der Waals surface area contributed by atoms with Gasteiger partial charge < -0.3 is 25.2 Å². The molecule has 0 saturated heterocycles. The minimum Gasteiger partial charge on any atom is -0.463 e. The average Bonchev–Trinajstić information content (AvgIpc) is 2.66. The number of anilines is 1. The van der Waals surface area contributed by atoms with Crippen molar-refractivity contribution in [3.63, 3.8) is 0 Å². The maximum atomic E-state index is 13.9. The van der Waals surface area contributed by atoms with Gasteiger partial charge in [0.05, 0.1) is 13.2 Å². The van der Waals surface area contributed by atoms with E-state index in [0.717, 1.165) is 6.92 Å². The van der Waals surface area contributed by atoms with E-state index in [9.17, 15) is 45.8 Å². The van der Waals surface area contributed by atoms with Crippen molar-refractivity contribution >= 4 is 23.5 Å². The number of aryl methyl sites for hydroxylation is 1. The lowest BCUT2D eigenvalue weighted by Crippen LogP contribution is -2.69. The second-order valence-electron chi connectivity index (χ2n) is 6.73. The largest absolute Gasteiger partial charge is 0.463 e. The van der Waals surface area contributed by atoms with Crippen LogP contribution in [0.3, 0.4) is 0 Å². The van der Waals surface area contributed by atoms with Gasteiger partial charge in [-0.15, -0.1) is 0 Å². The van der Waals surface area contributed by atoms with Crippen LogP contribution in [-0.4, -0.2) is 54.2 Å². The molecule has 2 unspecified atom stereocenters. The maximum absolute atomic E-state index is 13.9. The van der Waals surface area contributed by atoms with Gasteiger partial charge in [-0.05, 0) is 32.4 Å². The Hall–Kier alpha value is -3.03. The molecule has 0 aliphatic heterocycles. The third kappa shape index (κ3) is 5.49. The molecular formula is C19H22F6N2O6. The topological polar surface area (TPSA) is 114 Å². The van der Waals surface area contributed by atoms with Gasteiger partial charge in [0.25, 0.3) is 5.60 Å². The third-order valence-electron chi connectivity index (χ3n) is 4.32. The number of aliphatic hydroxyl groups is 1. The van der Waals surface area contributed by atoms with Gasteiger partial charge in [-0.3, -0.25) is 4.79 Å². The molecule has 0 heterocycles. The summed E-state index contributed by atoms with van der Waals surface area (Å²) >= 11 is 0. The van der Waals surface area contributed by atoms with Gasteiger partial charge >= 0.3 is 30.0 Å². The van der Waals surface area contributed by atoms with E-state index in [2.05, 4.69) is 9.47 Å². The molecule has 186 valence electrons. The molecule has 0 aliphatic rings. The molecule has 0 fully saturated rings. The van der Waals surface area contributed by atoms with Crippen molar-refractivity contribution in [3.8, 4) is 0 Å². The molecule has 33 heavy (non-hydrogen) atoms. The van der Waals surface area contributed by atoms with Crippen LogP contribution in [0.2, 0.25) is 0 Å². The Bertz CT molecular complexity index is 904. The molecule has 0 bridgehead atoms. The Kier molecular flexibility index (Phi) is 8.36. The van der Waals surface area contributed by atoms with Crippen molar-refractivity contribution in [1.29, 1.82) is 0 Å². The summed E-state index contributed by atoms with van der Waals surface area (Å²) in [4.78, 5) is 35.6. The molecule has 0 radical (unpaired) electrons. The summed E-state index contributed by atoms with van der Waals surface area (Å²) in [5, 5.41) is 13.4. The molecule has 2 atom stereocenters. The van der Waals surface area contributed by atoms with E-state index in [1.165, 1.54) is 19.2 Å². The van der Waals surface area contributed by atoms with E-state index in [1.54, 1.807) is 5.32 Å². The number of halogens is 6. The SMILES string of the molecule is CCOC(=O)C(NC(C)=O)(Nc1ccc(C(O)(C(=O)OCC)C(F)(F)F)cc1C)C(F)(F)F. The Morgan fingerprint density at radius 1 is 0.939 bits per heavy atom. The predicted molar refractivity (Wildman–Crippen MR) is 101 cm³/mol. The zero-order valence-electron chi connectivity index (χ0n) is 17.9. The first kappa shape index (κ1) is 28.0. The number of carbonyl (C=O) groups is 3. The van der Waals surface area contributed by atoms with Crippen LogP contribution in [0.25, 0.3) is 0 Å². The first-order valence-corrected chi connectivity index (χ1v) is 9.36. The van der Waals surface area contributed by atoms with Gasteiger partial charge in [0, 0.05) is 18.2 Å². The van der Waals surface area contributed by atoms with Gasteiger partial charge in [-0.1, -0.05) is 12.1 Å². The Morgan fingerprint density at radius 2 is 1.45 bits per heavy atom. The number of rotatable bonds is 8. The number of nitrogens with one attached hydrogen (secondary N) is 2. The van der Waals surface area contributed by atoms with Gasteiger partial charge in [0.15, 0.2) is 0 Å². The van der Waals surface area contributed by atoms with Crippen molar-refractivity contribution in [2.45, 2.75) is 51.3 Å². The minimum absolute atomic E-state index is 0.345. The highest BCUT2D eigenvalue weighted by molar-refractivity contribution is 5.91. The van der Waals surface area contributed by atoms with Crippen molar-refractivity contribution in [3.05, 3.63) is 29.3 Å². The van der Waals surface area contributed by atoms with Crippen LogP contribution < -0.4 is 10.6 Å². The lowest BCUT2D eigenvalue weighted by atomic mass is 9.91. The monoisotopic (exact) mass is 488 g/mol. The van der Waals surface area contributed by atoms with Crippen molar-refractivity contribution in [2.75, 3.05) is 18.5 Å². The molecule has 8 nitrogen and oxygen atoms in total. The first-order valence-electron chi connectivity index (χ1n) is 9.36. The lowest BCUT2D eigenvalue weighted by Gasteiger charge is -2.35. The van der Waals surface area contributed by atoms with E-state index < -0.39 is 65.9 Å². The van der Waals surface area contributed by atoms with E-state index >= 15 is 0 Å². The summed E-state index contributed by atoms with van der Waals surface area (Å²) in [6.45, 7) is 3.23. The Balaban J connectivity index is 3.63. The fourth-order valence-corrected chi connectivity index (χ4v) is 2.76. The third-order valence-corrected chi connectivity index (χ3v) is 4.32. The summed E-state index contributed by atoms with van der Waals surface area (Å²) in [5.41, 5.74) is -9.81. The van der Waals surface area contributed by atoms with Gasteiger partial charge in [-0.25, -0.2) is 9.59 Å². The molecule has 0 aliphatic carbocycles. The fraction of sp³-hybridized carbons (Fsp3) is 0.526. The second-order valence-corrected chi connectivity index (χ2v) is 6.73. The fourth-order valence-electron chi connectivity index (χ4n) is 2.76. The number of esters is 2. The molecule has 0 spiro atoms. The number of benzene rings is 1. The molecular weight excluding hydrogens is 466 g/mol. The molecule has 14 heteroatoms. The van der Waals surface area contributed by atoms with Crippen LogP contribution in [0, 0.1) is 6.92 Å². The normalized spacial score (nSPS) is 15.6. The van der Waals surface area contributed by atoms with Gasteiger partial charge in [-0.2, -0.15) is 26.3 Å². The predicted octanol–water partition coefficient (Wildman–Crippen LogP) is 2.68. The molecule has 1 rings (SSSR count). The summed E-state index contributed by atoms with van der Waals surface area (Å²) < 4.78 is 91.1. The standard InChI is InChI=1S/C19H22F6N2O6/c1-5-32-14(29)16(31,18(20,21)22)12-7-8-13(10(3)9-12)27-17(19(23,24)25,26-11(4)28)15(30)33-6-2/h7-9,27,31H,5-6H2,1-4H3,(H,26,28). The second kappa shape index (κ2) is 9.85. The number of carbonyl (C=O) groups excluding carboxylic acids is 3. The smallest absolute Gasteiger partial charge is 0.441 e. The number of hydrogen-bond acceptors (Lipinski definition) is 7. The van der Waals surface area contributed by atoms with Crippen LogP contribution in [0.5, 0.6) is 0 Å². The van der Waals surface area contributed by atoms with Crippen LogP contribution in [0.15, 0.2) is 18.2 Å². The first-order chi connectivity index (χ1) is 15.0. The quantitative estimate of drug-likeness (QED) is 0.293. The zero-order chi connectivity index (χ0) is 25.8. The van der Waals surface area contributed by atoms with E-state index in [-0.39, 0.29) is 5.56 Å². The van der Waals surface area contributed by atoms with E-state index in [0.29, 0.717) is 25.1 Å². The zero-order valence-corrected chi connectivity index (χ0v) is 17.9. The van der Waals surface area contributed by atoms with Crippen LogP contribution >= 0.6 is 0 Å². The summed E-state index contributed by atoms with van der Waals surface area (Å²) in [5.74, 6) is -5.22. The molecule has 0 aromatic heterocycles. The summed E-state index contributed by atoms with van der Waals surface area (Å²) in [6, 6.07) is 1.79. The van der Waals surface area contributed by atoms with Crippen LogP contribution in [-0.2, 0) is 29.5 Å². The van der Waals surface area contributed by atoms with Crippen molar-refractivity contribution in [2.24, 2.45) is 0 Å². The number of ether oxygens (including phenoxy) is 2. The van der Waals surface area contributed by atoms with E-state index in [4.69, 9.17) is 0 Å². The van der Waals surface area contributed by atoms with E-state index in [1.807, 2.05) is 0 Å². The summed E-state index contributed by atoms with van der Waals surface area (Å²) in [6.07, 6.45) is -11.0. The van der Waals surface area contributed by atoms with Gasteiger partial charge in [0.2, 0.25) is 5.91 Å². The van der Waals surface area contributed by atoms with Gasteiger partial charge in [0.1, 0.15) is 0 Å². The number of amides is 1. The highest BCUT2D eigenvalue weighted by Gasteiger charge is 2.64. The lowest BCUT2D eigenvalue weighted by molar-refractivity contribution is -0.267. The van der Waals surface area contributed by atoms with Crippen LogP contribution in [0.4, 0.5) is 32.0 Å². The molecule has 1 amide bonds. The molecule has 0 saturated carbocycles. The Morgan fingerprint density at radius 3 is 1.85 bits per heavy atom. The molecule has 1 aromatic carbocycles. The average molecular weight is 488 g/mol. The number of hydrogen-bond donors (Lipinski definition) is 3. The highest BCUT2D eigenvalue weighted by atomic mass is 19.4. The minimum atomic E-state index is -5.53. The Labute approximate surface area is 184 Å². The summed E-state index contributed by atoms with van der Waals surface area (Å²) in [7, 11) is 0. The van der Waals surface area contributed by atoms with Crippen LogP contribution in [0.1, 0.15) is 31.9 Å². The van der Waals surface area contributed by atoms with Crippen molar-refractivity contribution < 1.29 is 55.3 Å². The van der Waals surface area contributed by atoms with Crippen molar-refractivity contribution in [1.82, 2.24) is 5.32 Å². The molecule has 1 aromatic rings. The number of alkyl halides is 6. The molecule has 3 N–H and O–H groups in total. The maximum Gasteiger partial charge on any atom is 0.441 e. The highest BCUT2D eigenvalue weighted by Crippen LogP contribution is 2.42.